The molecule has 0 aliphatic heterocycles. The van der Waals surface area contributed by atoms with Crippen molar-refractivity contribution in [1.82, 2.24) is 0 Å². The number of benzene rings is 1. The first kappa shape index (κ1) is 14.8. The van der Waals surface area contributed by atoms with Crippen LogP contribution in [0.4, 0.5) is 5.69 Å². The fourth-order valence-electron chi connectivity index (χ4n) is 2.25. The highest BCUT2D eigenvalue weighted by molar-refractivity contribution is 5.57. The average Bonchev–Trinajstić information content (AvgIpc) is 2.36. The van der Waals surface area contributed by atoms with E-state index < -0.39 is 0 Å². The Morgan fingerprint density at radius 2 is 1.94 bits per heavy atom. The van der Waals surface area contributed by atoms with E-state index in [4.69, 9.17) is 10.5 Å². The minimum absolute atomic E-state index is 0.488. The van der Waals surface area contributed by atoms with Crippen LogP contribution in [0.3, 0.4) is 0 Å². The van der Waals surface area contributed by atoms with E-state index in [1.807, 2.05) is 12.1 Å². The summed E-state index contributed by atoms with van der Waals surface area (Å²) >= 11 is 0. The second-order valence-electron chi connectivity index (χ2n) is 5.29. The summed E-state index contributed by atoms with van der Waals surface area (Å²) in [5, 5.41) is 0. The molecule has 0 aromatic heterocycles. The maximum absolute atomic E-state index is 5.81. The summed E-state index contributed by atoms with van der Waals surface area (Å²) in [6.45, 7) is 7.30. The van der Waals surface area contributed by atoms with Crippen molar-refractivity contribution in [3.05, 3.63) is 23.8 Å². The fraction of sp³-hybridized carbons (Fsp3) is 0.600. The van der Waals surface area contributed by atoms with Crippen molar-refractivity contribution >= 4 is 5.69 Å². The van der Waals surface area contributed by atoms with E-state index in [1.165, 1.54) is 5.69 Å². The van der Waals surface area contributed by atoms with Crippen molar-refractivity contribution in [2.45, 2.75) is 39.8 Å². The Morgan fingerprint density at radius 3 is 2.44 bits per heavy atom. The van der Waals surface area contributed by atoms with Crippen LogP contribution in [0.2, 0.25) is 0 Å². The van der Waals surface area contributed by atoms with Gasteiger partial charge in [0.15, 0.2) is 0 Å². The molecule has 0 heterocycles. The van der Waals surface area contributed by atoms with Crippen molar-refractivity contribution in [1.29, 1.82) is 0 Å². The van der Waals surface area contributed by atoms with Gasteiger partial charge in [0.05, 0.1) is 7.11 Å². The molecule has 1 aromatic carbocycles. The molecular formula is C15H26N2O. The predicted octanol–water partition coefficient (Wildman–Crippen LogP) is 3.02. The van der Waals surface area contributed by atoms with Gasteiger partial charge in [-0.2, -0.15) is 0 Å². The van der Waals surface area contributed by atoms with E-state index in [1.54, 1.807) is 7.11 Å². The summed E-state index contributed by atoms with van der Waals surface area (Å²) in [6, 6.07) is 6.57. The van der Waals surface area contributed by atoms with E-state index in [-0.39, 0.29) is 0 Å². The monoisotopic (exact) mass is 250 g/mol. The Hall–Kier alpha value is -1.22. The van der Waals surface area contributed by atoms with Gasteiger partial charge in [-0.1, -0.05) is 19.9 Å². The summed E-state index contributed by atoms with van der Waals surface area (Å²) in [7, 11) is 3.82. The molecule has 1 rings (SSSR count). The van der Waals surface area contributed by atoms with Crippen LogP contribution in [0, 0.1) is 5.92 Å². The molecule has 0 amide bonds. The van der Waals surface area contributed by atoms with Crippen LogP contribution in [0.5, 0.6) is 5.75 Å². The maximum atomic E-state index is 5.81. The molecule has 102 valence electrons. The lowest BCUT2D eigenvalue weighted by Crippen LogP contribution is -2.31. The van der Waals surface area contributed by atoms with Crippen LogP contribution in [0.25, 0.3) is 0 Å². The highest BCUT2D eigenvalue weighted by atomic mass is 16.5. The molecule has 0 spiro atoms. The fourth-order valence-corrected chi connectivity index (χ4v) is 2.25. The van der Waals surface area contributed by atoms with E-state index in [9.17, 15) is 0 Å². The standard InChI is InChI=1S/C15H26N2O/c1-11(2)8-12(3)17(4)15-9-14(18-5)7-6-13(15)10-16/h6-7,9,11-12H,8,10,16H2,1-5H3. The number of nitrogens with two attached hydrogens (primary N) is 1. The lowest BCUT2D eigenvalue weighted by molar-refractivity contribution is 0.414. The van der Waals surface area contributed by atoms with E-state index in [0.717, 1.165) is 17.7 Å². The minimum atomic E-state index is 0.488. The molecule has 0 fully saturated rings. The van der Waals surface area contributed by atoms with Crippen LogP contribution in [-0.2, 0) is 6.54 Å². The summed E-state index contributed by atoms with van der Waals surface area (Å²) in [6.07, 6.45) is 1.16. The van der Waals surface area contributed by atoms with Gasteiger partial charge in [-0.3, -0.25) is 0 Å². The number of anilines is 1. The Labute approximate surface area is 111 Å². The number of rotatable bonds is 6. The zero-order chi connectivity index (χ0) is 13.7. The van der Waals surface area contributed by atoms with Crippen molar-refractivity contribution in [3.8, 4) is 5.75 Å². The van der Waals surface area contributed by atoms with Crippen LogP contribution < -0.4 is 15.4 Å². The molecule has 1 atom stereocenters. The molecule has 0 aliphatic rings. The Morgan fingerprint density at radius 1 is 1.28 bits per heavy atom. The second-order valence-corrected chi connectivity index (χ2v) is 5.29. The Balaban J connectivity index is 2.98. The number of nitrogens with zero attached hydrogens (tertiary/aromatic N) is 1. The van der Waals surface area contributed by atoms with Crippen molar-refractivity contribution in [2.24, 2.45) is 11.7 Å². The molecule has 0 saturated carbocycles. The van der Waals surface area contributed by atoms with Gasteiger partial charge in [-0.05, 0) is 30.9 Å². The molecule has 3 heteroatoms. The number of ether oxygens (including phenoxy) is 1. The first-order valence-corrected chi connectivity index (χ1v) is 6.59. The number of methoxy groups -OCH3 is 1. The van der Waals surface area contributed by atoms with Crippen LogP contribution in [-0.4, -0.2) is 20.2 Å². The molecule has 2 N–H and O–H groups in total. The quantitative estimate of drug-likeness (QED) is 0.843. The van der Waals surface area contributed by atoms with Gasteiger partial charge in [0.25, 0.3) is 0 Å². The van der Waals surface area contributed by atoms with Crippen LogP contribution in [0.1, 0.15) is 32.8 Å². The Bertz CT molecular complexity index is 377. The van der Waals surface area contributed by atoms with Crippen LogP contribution in [0.15, 0.2) is 18.2 Å². The summed E-state index contributed by atoms with van der Waals surface area (Å²) in [5.41, 5.74) is 8.15. The summed E-state index contributed by atoms with van der Waals surface area (Å²) in [4.78, 5) is 2.30. The van der Waals surface area contributed by atoms with E-state index >= 15 is 0 Å². The zero-order valence-electron chi connectivity index (χ0n) is 12.2. The summed E-state index contributed by atoms with van der Waals surface area (Å²) < 4.78 is 5.30. The molecule has 3 nitrogen and oxygen atoms in total. The molecular weight excluding hydrogens is 224 g/mol. The highest BCUT2D eigenvalue weighted by Gasteiger charge is 2.15. The van der Waals surface area contributed by atoms with E-state index in [2.05, 4.69) is 38.8 Å². The molecule has 0 radical (unpaired) electrons. The summed E-state index contributed by atoms with van der Waals surface area (Å²) in [5.74, 6) is 1.57. The van der Waals surface area contributed by atoms with Crippen molar-refractivity contribution in [3.63, 3.8) is 0 Å². The topological polar surface area (TPSA) is 38.5 Å². The first-order chi connectivity index (χ1) is 8.49. The second kappa shape index (κ2) is 6.64. The molecule has 0 aliphatic carbocycles. The molecule has 1 unspecified atom stereocenters. The maximum Gasteiger partial charge on any atom is 0.120 e. The third kappa shape index (κ3) is 3.64. The van der Waals surface area contributed by atoms with Gasteiger partial charge in [0.1, 0.15) is 5.75 Å². The molecule has 1 aromatic rings. The third-order valence-electron chi connectivity index (χ3n) is 3.37. The van der Waals surface area contributed by atoms with Gasteiger partial charge in [0.2, 0.25) is 0 Å². The van der Waals surface area contributed by atoms with Gasteiger partial charge in [-0.25, -0.2) is 0 Å². The average molecular weight is 250 g/mol. The smallest absolute Gasteiger partial charge is 0.120 e. The van der Waals surface area contributed by atoms with Gasteiger partial charge in [-0.15, -0.1) is 0 Å². The first-order valence-electron chi connectivity index (χ1n) is 6.59. The SMILES string of the molecule is COc1ccc(CN)c(N(C)C(C)CC(C)C)c1. The molecule has 18 heavy (non-hydrogen) atoms. The zero-order valence-corrected chi connectivity index (χ0v) is 12.2. The van der Waals surface area contributed by atoms with Gasteiger partial charge >= 0.3 is 0 Å². The largest absolute Gasteiger partial charge is 0.497 e. The van der Waals surface area contributed by atoms with Gasteiger partial charge in [0, 0.05) is 31.4 Å². The van der Waals surface area contributed by atoms with Crippen LogP contribution >= 0.6 is 0 Å². The Kier molecular flexibility index (Phi) is 5.48. The third-order valence-corrected chi connectivity index (χ3v) is 3.37. The predicted molar refractivity (Wildman–Crippen MR) is 78.2 cm³/mol. The lowest BCUT2D eigenvalue weighted by Gasteiger charge is -2.30. The van der Waals surface area contributed by atoms with E-state index in [0.29, 0.717) is 18.5 Å². The lowest BCUT2D eigenvalue weighted by atomic mass is 10.0. The highest BCUT2D eigenvalue weighted by Crippen LogP contribution is 2.27. The van der Waals surface area contributed by atoms with Crippen molar-refractivity contribution in [2.75, 3.05) is 19.1 Å². The minimum Gasteiger partial charge on any atom is -0.497 e. The number of hydrogen-bond acceptors (Lipinski definition) is 3. The molecule has 0 bridgehead atoms. The van der Waals surface area contributed by atoms with Gasteiger partial charge < -0.3 is 15.4 Å². The normalized spacial score (nSPS) is 12.6. The number of hydrogen-bond donors (Lipinski definition) is 1. The molecule has 0 saturated heterocycles. The van der Waals surface area contributed by atoms with Crippen molar-refractivity contribution < 1.29 is 4.74 Å².